The van der Waals surface area contributed by atoms with Crippen molar-refractivity contribution in [2.75, 3.05) is 41.5 Å². The Morgan fingerprint density at radius 3 is 2.16 bits per heavy atom. The zero-order chi connectivity index (χ0) is 32.8. The van der Waals surface area contributed by atoms with Gasteiger partial charge in [-0.2, -0.15) is 38.1 Å². The third-order valence-electron chi connectivity index (χ3n) is 8.06. The summed E-state index contributed by atoms with van der Waals surface area (Å²) in [6.07, 6.45) is -0.425. The van der Waals surface area contributed by atoms with Crippen molar-refractivity contribution in [2.24, 2.45) is 5.92 Å². The van der Waals surface area contributed by atoms with Gasteiger partial charge in [-0.1, -0.05) is 18.9 Å². The van der Waals surface area contributed by atoms with Crippen LogP contribution in [0, 0.1) is 12.8 Å². The van der Waals surface area contributed by atoms with Crippen molar-refractivity contribution in [2.45, 2.75) is 71.4 Å². The molecule has 45 heavy (non-hydrogen) atoms. The number of rotatable bonds is 13. The molecule has 1 saturated carbocycles. The van der Waals surface area contributed by atoms with E-state index in [-0.39, 0.29) is 24.1 Å². The fraction of sp³-hybridized carbons (Fsp3) is 0.531. The van der Waals surface area contributed by atoms with Crippen LogP contribution < -0.4 is 14.5 Å². The van der Waals surface area contributed by atoms with Crippen LogP contribution in [0.2, 0.25) is 0 Å². The van der Waals surface area contributed by atoms with Gasteiger partial charge in [0.05, 0.1) is 42.7 Å². The molecular weight excluding hydrogens is 616 g/mol. The summed E-state index contributed by atoms with van der Waals surface area (Å²) in [7, 11) is 0. The number of ether oxygens (including phenoxy) is 1. The molecule has 1 aliphatic carbocycles. The van der Waals surface area contributed by atoms with Gasteiger partial charge in [0.1, 0.15) is 5.82 Å². The van der Waals surface area contributed by atoms with Crippen molar-refractivity contribution in [1.82, 2.24) is 15.0 Å². The second kappa shape index (κ2) is 14.9. The highest BCUT2D eigenvalue weighted by Crippen LogP contribution is 2.39. The number of aromatic nitrogens is 3. The van der Waals surface area contributed by atoms with Crippen molar-refractivity contribution >= 4 is 23.5 Å². The van der Waals surface area contributed by atoms with Crippen LogP contribution in [-0.4, -0.2) is 46.7 Å². The van der Waals surface area contributed by atoms with Crippen molar-refractivity contribution < 1.29 is 31.1 Å². The molecule has 246 valence electrons. The second-order valence-electron chi connectivity index (χ2n) is 11.3. The van der Waals surface area contributed by atoms with E-state index < -0.39 is 29.5 Å². The number of nitrogens with zero attached hydrogens (tertiary/aromatic N) is 5. The molecule has 0 N–H and O–H groups in total. The number of anilines is 2. The Morgan fingerprint density at radius 1 is 0.978 bits per heavy atom. The van der Waals surface area contributed by atoms with Gasteiger partial charge in [0, 0.05) is 30.1 Å². The molecule has 1 atom stereocenters. The van der Waals surface area contributed by atoms with Gasteiger partial charge in [0.2, 0.25) is 5.95 Å². The normalized spacial score (nSPS) is 14.9. The van der Waals surface area contributed by atoms with Crippen LogP contribution in [0.25, 0.3) is 0 Å². The smallest absolute Gasteiger partial charge is 0.416 e. The topological polar surface area (TPSA) is 54.4 Å². The zero-order valence-corrected chi connectivity index (χ0v) is 26.7. The average Bonchev–Trinajstić information content (AvgIpc) is 3.52. The van der Waals surface area contributed by atoms with E-state index in [0.29, 0.717) is 24.8 Å². The molecular formula is C32H39F6N5OS. The molecule has 0 amide bonds. The predicted octanol–water partition coefficient (Wildman–Crippen LogP) is 8.74. The summed E-state index contributed by atoms with van der Waals surface area (Å²) < 4.78 is 88.4. The lowest BCUT2D eigenvalue weighted by Gasteiger charge is -2.33. The molecule has 4 rings (SSSR count). The monoisotopic (exact) mass is 655 g/mol. The Morgan fingerprint density at radius 2 is 1.60 bits per heavy atom. The number of thioether (sulfide) groups is 1. The van der Waals surface area contributed by atoms with Crippen molar-refractivity contribution in [1.29, 1.82) is 0 Å². The molecule has 1 fully saturated rings. The van der Waals surface area contributed by atoms with Gasteiger partial charge < -0.3 is 14.5 Å². The molecule has 1 unspecified atom stereocenters. The van der Waals surface area contributed by atoms with E-state index in [1.165, 1.54) is 25.2 Å². The summed E-state index contributed by atoms with van der Waals surface area (Å²) in [6, 6.07) is 4.44. The molecule has 1 aliphatic rings. The van der Waals surface area contributed by atoms with E-state index in [9.17, 15) is 26.3 Å². The highest BCUT2D eigenvalue weighted by Gasteiger charge is 2.38. The quantitative estimate of drug-likeness (QED) is 0.135. The van der Waals surface area contributed by atoms with E-state index in [4.69, 9.17) is 9.72 Å². The zero-order valence-electron chi connectivity index (χ0n) is 25.9. The number of benzene rings is 1. The lowest BCUT2D eigenvalue weighted by molar-refractivity contribution is -0.143. The maximum absolute atomic E-state index is 13.8. The first kappa shape index (κ1) is 34.6. The Kier molecular flexibility index (Phi) is 11.5. The van der Waals surface area contributed by atoms with Gasteiger partial charge in [0.25, 0.3) is 0 Å². The second-order valence-corrected chi connectivity index (χ2v) is 12.3. The fourth-order valence-corrected chi connectivity index (χ4v) is 5.83. The molecule has 0 spiro atoms. The summed E-state index contributed by atoms with van der Waals surface area (Å²) >= 11 is 1.61. The van der Waals surface area contributed by atoms with Gasteiger partial charge in [-0.05, 0) is 75.6 Å². The van der Waals surface area contributed by atoms with Crippen LogP contribution in [0.5, 0.6) is 5.75 Å². The molecule has 0 radical (unpaired) electrons. The summed E-state index contributed by atoms with van der Waals surface area (Å²) in [6.45, 7) is 7.52. The minimum absolute atomic E-state index is 0.0925. The third kappa shape index (κ3) is 9.17. The minimum atomic E-state index is -4.97. The first-order valence-corrected chi connectivity index (χ1v) is 16.4. The summed E-state index contributed by atoms with van der Waals surface area (Å²) in [5.41, 5.74) is -1.35. The molecule has 0 aliphatic heterocycles. The summed E-state index contributed by atoms with van der Waals surface area (Å²) in [5, 5.41) is 0. The lowest BCUT2D eigenvalue weighted by Crippen LogP contribution is -2.33. The largest absolute Gasteiger partial charge is 0.489 e. The maximum Gasteiger partial charge on any atom is 0.416 e. The van der Waals surface area contributed by atoms with Crippen molar-refractivity contribution in [3.05, 3.63) is 70.7 Å². The summed E-state index contributed by atoms with van der Waals surface area (Å²) in [4.78, 5) is 17.6. The molecule has 3 aromatic rings. The summed E-state index contributed by atoms with van der Waals surface area (Å²) in [5.74, 6) is 2.56. The van der Waals surface area contributed by atoms with Crippen LogP contribution in [0.15, 0.2) is 42.7 Å². The number of pyridine rings is 1. The Hall–Kier alpha value is -3.22. The van der Waals surface area contributed by atoms with E-state index in [1.807, 2.05) is 32.2 Å². The van der Waals surface area contributed by atoms with Crippen LogP contribution in [0.3, 0.4) is 0 Å². The standard InChI is InChI=1S/C32H39F6N5OS/c1-5-42(19-23-8-6-7-9-23)29-24(11-10-21(2)41-29)20-43(30-39-17-28(18-40-30)44-12-13-45-4)22(3)25-14-26(31(33,34)35)16-27(15-25)32(36,37)38/h10-11,14-18,22-23H,5-9,12-13,19-20H2,1-4H3. The number of hydrogen-bond donors (Lipinski definition) is 0. The van der Waals surface area contributed by atoms with E-state index in [2.05, 4.69) is 14.9 Å². The number of halogens is 6. The first-order valence-electron chi connectivity index (χ1n) is 15.0. The molecule has 2 aromatic heterocycles. The highest BCUT2D eigenvalue weighted by molar-refractivity contribution is 7.98. The predicted molar refractivity (Wildman–Crippen MR) is 166 cm³/mol. The SMILES string of the molecule is CCN(CC1CCCC1)c1nc(C)ccc1CN(c1ncc(OCCSC)cn1)C(C)c1cc(C(F)(F)F)cc(C(F)(F)F)c1. The Balaban J connectivity index is 1.78. The minimum Gasteiger partial charge on any atom is -0.489 e. The highest BCUT2D eigenvalue weighted by atomic mass is 32.2. The van der Waals surface area contributed by atoms with Gasteiger partial charge in [-0.15, -0.1) is 0 Å². The lowest BCUT2D eigenvalue weighted by atomic mass is 9.99. The third-order valence-corrected chi connectivity index (χ3v) is 8.63. The molecule has 0 saturated heterocycles. The van der Waals surface area contributed by atoms with Gasteiger partial charge in [-0.3, -0.25) is 0 Å². The molecule has 0 bridgehead atoms. The van der Waals surface area contributed by atoms with Gasteiger partial charge >= 0.3 is 12.4 Å². The van der Waals surface area contributed by atoms with E-state index in [0.717, 1.165) is 54.3 Å². The first-order chi connectivity index (χ1) is 21.3. The van der Waals surface area contributed by atoms with Gasteiger partial charge in [-0.25, -0.2) is 15.0 Å². The Labute approximate surface area is 264 Å². The van der Waals surface area contributed by atoms with Crippen LogP contribution in [0.4, 0.5) is 38.1 Å². The van der Waals surface area contributed by atoms with Crippen LogP contribution in [-0.2, 0) is 18.9 Å². The number of hydrogen-bond acceptors (Lipinski definition) is 7. The van der Waals surface area contributed by atoms with Gasteiger partial charge in [0.15, 0.2) is 5.75 Å². The van der Waals surface area contributed by atoms with E-state index in [1.54, 1.807) is 23.6 Å². The molecule has 13 heteroatoms. The fourth-order valence-electron chi connectivity index (χ4n) is 5.58. The average molecular weight is 656 g/mol. The Bertz CT molecular complexity index is 1360. The number of alkyl halides is 6. The van der Waals surface area contributed by atoms with Crippen LogP contribution in [0.1, 0.15) is 73.5 Å². The van der Waals surface area contributed by atoms with Crippen LogP contribution >= 0.6 is 11.8 Å². The van der Waals surface area contributed by atoms with Crippen molar-refractivity contribution in [3.8, 4) is 5.75 Å². The molecule has 2 heterocycles. The van der Waals surface area contributed by atoms with Crippen molar-refractivity contribution in [3.63, 3.8) is 0 Å². The molecule has 1 aromatic carbocycles. The number of aryl methyl sites for hydroxylation is 1. The van der Waals surface area contributed by atoms with E-state index >= 15 is 0 Å². The molecule has 6 nitrogen and oxygen atoms in total. The maximum atomic E-state index is 13.8.